The summed E-state index contributed by atoms with van der Waals surface area (Å²) in [4.78, 5) is 16.2. The monoisotopic (exact) mass is 437 g/mol. The van der Waals surface area contributed by atoms with Crippen LogP contribution in [-0.2, 0) is 4.79 Å². The Kier molecular flexibility index (Phi) is 5.48. The molecule has 0 spiro atoms. The minimum absolute atomic E-state index is 0.0763. The SMILES string of the molecule is CN(CC(=O)N1N=C(c2cccs2)CC1c1ccco1)CC1COc2ccccc2O1. The maximum atomic E-state index is 13.2. The Labute approximate surface area is 184 Å². The molecule has 0 bridgehead atoms. The molecule has 2 unspecified atom stereocenters. The van der Waals surface area contributed by atoms with Crippen LogP contribution < -0.4 is 9.47 Å². The van der Waals surface area contributed by atoms with Gasteiger partial charge < -0.3 is 13.9 Å². The molecule has 0 saturated heterocycles. The summed E-state index contributed by atoms with van der Waals surface area (Å²) in [5.74, 6) is 2.16. The largest absolute Gasteiger partial charge is 0.486 e. The van der Waals surface area contributed by atoms with E-state index >= 15 is 0 Å². The summed E-state index contributed by atoms with van der Waals surface area (Å²) in [7, 11) is 1.91. The fourth-order valence-corrected chi connectivity index (χ4v) is 4.62. The standard InChI is InChI=1S/C23H23N3O4S/c1-25(13-16-15-29-20-6-2-3-7-21(20)30-16)14-23(27)26-18(19-8-4-10-28-19)12-17(24-26)22-9-5-11-31-22/h2-11,16,18H,12-15H2,1H3. The van der Waals surface area contributed by atoms with Gasteiger partial charge in [0.25, 0.3) is 5.91 Å². The van der Waals surface area contributed by atoms with Gasteiger partial charge in [0, 0.05) is 13.0 Å². The Balaban J connectivity index is 1.26. The van der Waals surface area contributed by atoms with E-state index in [0.29, 0.717) is 19.6 Å². The number of amides is 1. The van der Waals surface area contributed by atoms with Gasteiger partial charge in [0.2, 0.25) is 0 Å². The fourth-order valence-electron chi connectivity index (χ4n) is 3.90. The first kappa shape index (κ1) is 19.8. The summed E-state index contributed by atoms with van der Waals surface area (Å²) in [6.45, 7) is 1.25. The zero-order valence-corrected chi connectivity index (χ0v) is 18.0. The zero-order valence-electron chi connectivity index (χ0n) is 17.1. The molecule has 0 N–H and O–H groups in total. The normalized spacial score (nSPS) is 20.2. The second-order valence-electron chi connectivity index (χ2n) is 7.69. The Bertz CT molecular complexity index is 1060. The van der Waals surface area contributed by atoms with E-state index in [9.17, 15) is 4.79 Å². The third kappa shape index (κ3) is 4.22. The van der Waals surface area contributed by atoms with Crippen molar-refractivity contribution in [2.75, 3.05) is 26.7 Å². The molecule has 8 heteroatoms. The molecule has 3 aromatic rings. The number of carbonyl (C=O) groups is 1. The van der Waals surface area contributed by atoms with Crippen LogP contribution in [0.5, 0.6) is 11.5 Å². The van der Waals surface area contributed by atoms with Crippen molar-refractivity contribution in [3.63, 3.8) is 0 Å². The Morgan fingerprint density at radius 1 is 1.19 bits per heavy atom. The van der Waals surface area contributed by atoms with Crippen LogP contribution in [0.2, 0.25) is 0 Å². The number of para-hydroxylation sites is 2. The molecule has 31 heavy (non-hydrogen) atoms. The number of nitrogens with zero attached hydrogens (tertiary/aromatic N) is 3. The van der Waals surface area contributed by atoms with Crippen molar-refractivity contribution in [3.05, 3.63) is 70.8 Å². The molecule has 2 atom stereocenters. The minimum atomic E-state index is -0.228. The highest BCUT2D eigenvalue weighted by molar-refractivity contribution is 7.12. The number of furan rings is 1. The first-order valence-corrected chi connectivity index (χ1v) is 11.1. The molecule has 0 saturated carbocycles. The van der Waals surface area contributed by atoms with Crippen LogP contribution in [0.15, 0.2) is 69.7 Å². The van der Waals surface area contributed by atoms with Crippen molar-refractivity contribution in [1.29, 1.82) is 0 Å². The summed E-state index contributed by atoms with van der Waals surface area (Å²) in [6.07, 6.45) is 2.13. The first-order chi connectivity index (χ1) is 15.2. The van der Waals surface area contributed by atoms with Gasteiger partial charge in [0.1, 0.15) is 24.5 Å². The molecule has 1 amide bonds. The molecular formula is C23H23N3O4S. The third-order valence-corrected chi connectivity index (χ3v) is 6.25. The van der Waals surface area contributed by atoms with Gasteiger partial charge in [-0.15, -0.1) is 11.3 Å². The maximum absolute atomic E-state index is 13.2. The lowest BCUT2D eigenvalue weighted by Crippen LogP contribution is -2.43. The molecule has 2 aliphatic rings. The topological polar surface area (TPSA) is 67.5 Å². The molecule has 2 aromatic heterocycles. The molecule has 7 nitrogen and oxygen atoms in total. The van der Waals surface area contributed by atoms with Gasteiger partial charge in [-0.25, -0.2) is 5.01 Å². The second-order valence-corrected chi connectivity index (χ2v) is 8.64. The minimum Gasteiger partial charge on any atom is -0.486 e. The first-order valence-electron chi connectivity index (χ1n) is 10.2. The number of benzene rings is 1. The number of rotatable bonds is 6. The van der Waals surface area contributed by atoms with Crippen LogP contribution in [0.4, 0.5) is 0 Å². The second kappa shape index (κ2) is 8.56. The van der Waals surface area contributed by atoms with Crippen LogP contribution in [0, 0.1) is 0 Å². The van der Waals surface area contributed by atoms with E-state index in [1.54, 1.807) is 22.6 Å². The van der Waals surface area contributed by atoms with Gasteiger partial charge in [-0.1, -0.05) is 18.2 Å². The van der Waals surface area contributed by atoms with Crippen molar-refractivity contribution in [2.45, 2.75) is 18.6 Å². The van der Waals surface area contributed by atoms with Crippen LogP contribution in [0.1, 0.15) is 23.1 Å². The molecule has 0 fully saturated rings. The molecule has 0 aliphatic carbocycles. The average Bonchev–Trinajstić information content (AvgIpc) is 3.54. The molecule has 160 valence electrons. The van der Waals surface area contributed by atoms with E-state index in [1.807, 2.05) is 65.9 Å². The molecule has 2 aliphatic heterocycles. The molecular weight excluding hydrogens is 414 g/mol. The van der Waals surface area contributed by atoms with E-state index in [0.717, 1.165) is 27.8 Å². The van der Waals surface area contributed by atoms with Crippen molar-refractivity contribution < 1.29 is 18.7 Å². The third-order valence-electron chi connectivity index (χ3n) is 5.33. The van der Waals surface area contributed by atoms with Crippen molar-refractivity contribution in [3.8, 4) is 11.5 Å². The number of fused-ring (bicyclic) bond motifs is 1. The summed E-state index contributed by atoms with van der Waals surface area (Å²) in [5, 5.41) is 8.25. The summed E-state index contributed by atoms with van der Waals surface area (Å²) >= 11 is 1.62. The highest BCUT2D eigenvalue weighted by atomic mass is 32.1. The van der Waals surface area contributed by atoms with Gasteiger partial charge in [-0.3, -0.25) is 9.69 Å². The quantitative estimate of drug-likeness (QED) is 0.587. The molecule has 0 radical (unpaired) electrons. The van der Waals surface area contributed by atoms with Crippen molar-refractivity contribution >= 4 is 23.0 Å². The number of hydrogen-bond acceptors (Lipinski definition) is 7. The van der Waals surface area contributed by atoms with Gasteiger partial charge in [0.15, 0.2) is 11.5 Å². The van der Waals surface area contributed by atoms with Crippen molar-refractivity contribution in [1.82, 2.24) is 9.91 Å². The van der Waals surface area contributed by atoms with E-state index < -0.39 is 0 Å². The fraction of sp³-hybridized carbons (Fsp3) is 0.304. The van der Waals surface area contributed by atoms with E-state index in [2.05, 4.69) is 5.10 Å². The Morgan fingerprint density at radius 2 is 2.06 bits per heavy atom. The van der Waals surface area contributed by atoms with E-state index in [1.165, 1.54) is 0 Å². The summed E-state index contributed by atoms with van der Waals surface area (Å²) in [5.41, 5.74) is 0.910. The molecule has 5 rings (SSSR count). The van der Waals surface area contributed by atoms with Crippen LogP contribution >= 0.6 is 11.3 Å². The number of likely N-dealkylation sites (N-methyl/N-ethyl adjacent to an activating group) is 1. The lowest BCUT2D eigenvalue weighted by molar-refractivity contribution is -0.134. The average molecular weight is 438 g/mol. The number of carbonyl (C=O) groups excluding carboxylic acids is 1. The molecule has 1 aromatic carbocycles. The smallest absolute Gasteiger partial charge is 0.257 e. The highest BCUT2D eigenvalue weighted by Crippen LogP contribution is 2.34. The van der Waals surface area contributed by atoms with Gasteiger partial charge in [-0.2, -0.15) is 5.10 Å². The zero-order chi connectivity index (χ0) is 21.2. The number of hydrazone groups is 1. The number of hydrogen-bond donors (Lipinski definition) is 0. The van der Waals surface area contributed by atoms with Crippen molar-refractivity contribution in [2.24, 2.45) is 5.10 Å². The highest BCUT2D eigenvalue weighted by Gasteiger charge is 2.35. The van der Waals surface area contributed by atoms with Crippen LogP contribution in [0.25, 0.3) is 0 Å². The van der Waals surface area contributed by atoms with Gasteiger partial charge >= 0.3 is 0 Å². The Hall–Kier alpha value is -3.10. The van der Waals surface area contributed by atoms with Crippen LogP contribution in [0.3, 0.4) is 0 Å². The summed E-state index contributed by atoms with van der Waals surface area (Å²) in [6, 6.07) is 15.2. The Morgan fingerprint density at radius 3 is 2.84 bits per heavy atom. The predicted octanol–water partition coefficient (Wildman–Crippen LogP) is 3.79. The maximum Gasteiger partial charge on any atom is 0.257 e. The van der Waals surface area contributed by atoms with Gasteiger partial charge in [0.05, 0.1) is 23.4 Å². The van der Waals surface area contributed by atoms with E-state index in [4.69, 9.17) is 13.9 Å². The van der Waals surface area contributed by atoms with Gasteiger partial charge in [-0.05, 0) is 42.8 Å². The van der Waals surface area contributed by atoms with Crippen LogP contribution in [-0.4, -0.2) is 54.4 Å². The lowest BCUT2D eigenvalue weighted by Gasteiger charge is -2.30. The predicted molar refractivity (Wildman–Crippen MR) is 118 cm³/mol. The lowest BCUT2D eigenvalue weighted by atomic mass is 10.1. The molecule has 4 heterocycles. The number of thiophene rings is 1. The summed E-state index contributed by atoms with van der Waals surface area (Å²) < 4.78 is 17.4. The number of ether oxygens (including phenoxy) is 2. The van der Waals surface area contributed by atoms with E-state index in [-0.39, 0.29) is 24.6 Å².